The van der Waals surface area contributed by atoms with Gasteiger partial charge in [0.25, 0.3) is 0 Å². The number of hydrogen-bond donors (Lipinski definition) is 0. The van der Waals surface area contributed by atoms with Gasteiger partial charge in [0.1, 0.15) is 0 Å². The number of ether oxygens (including phenoxy) is 1. The summed E-state index contributed by atoms with van der Waals surface area (Å²) < 4.78 is 5.90. The summed E-state index contributed by atoms with van der Waals surface area (Å²) in [4.78, 5) is 0. The summed E-state index contributed by atoms with van der Waals surface area (Å²) in [5.74, 6) is 0.972. The Morgan fingerprint density at radius 2 is 1.81 bits per heavy atom. The van der Waals surface area contributed by atoms with Gasteiger partial charge in [-0.25, -0.2) is 0 Å². The molecule has 2 rings (SSSR count). The van der Waals surface area contributed by atoms with Crippen LogP contribution in [0.5, 0.6) is 5.75 Å². The topological polar surface area (TPSA) is 9.23 Å². The zero-order valence-electron chi connectivity index (χ0n) is 9.62. The Balaban J connectivity index is 0.00000112. The summed E-state index contributed by atoms with van der Waals surface area (Å²) in [5.41, 5.74) is 0. The minimum atomic E-state index is 0. The Labute approximate surface area is 125 Å². The van der Waals surface area contributed by atoms with Crippen molar-refractivity contribution in [1.29, 1.82) is 0 Å². The van der Waals surface area contributed by atoms with E-state index in [1.807, 2.05) is 24.3 Å². The third-order valence-corrected chi connectivity index (χ3v) is 2.78. The van der Waals surface area contributed by atoms with E-state index in [4.69, 9.17) is 4.74 Å². The second-order valence-electron chi connectivity index (χ2n) is 3.97. The third kappa shape index (κ3) is 5.55. The fourth-order valence-corrected chi connectivity index (χ4v) is 2.00. The third-order valence-electron chi connectivity index (χ3n) is 2.78. The fourth-order valence-electron chi connectivity index (χ4n) is 2.00. The van der Waals surface area contributed by atoms with Crippen LogP contribution in [0.1, 0.15) is 38.5 Å². The Bertz CT molecular complexity index is 258. The molecule has 0 heterocycles. The van der Waals surface area contributed by atoms with Crippen molar-refractivity contribution in [3.05, 3.63) is 30.3 Å². The van der Waals surface area contributed by atoms with Crippen LogP contribution >= 0.6 is 0 Å². The van der Waals surface area contributed by atoms with Gasteiger partial charge in [-0.3, -0.25) is 0 Å². The van der Waals surface area contributed by atoms with Gasteiger partial charge in [0.2, 0.25) is 0 Å². The van der Waals surface area contributed by atoms with Crippen LogP contribution in [-0.2, 0) is 0 Å². The van der Waals surface area contributed by atoms with Crippen LogP contribution in [0.4, 0.5) is 0 Å². The van der Waals surface area contributed by atoms with E-state index >= 15 is 0 Å². The van der Waals surface area contributed by atoms with E-state index in [2.05, 4.69) is 6.07 Å². The summed E-state index contributed by atoms with van der Waals surface area (Å²) in [5, 5.41) is 0. The van der Waals surface area contributed by atoms with Gasteiger partial charge in [-0.1, -0.05) is 12.8 Å². The van der Waals surface area contributed by atoms with Crippen LogP contribution in [0, 0.1) is 6.07 Å². The normalized spacial score (nSPS) is 16.5. The van der Waals surface area contributed by atoms with Crippen molar-refractivity contribution in [2.75, 3.05) is 0 Å². The van der Waals surface area contributed by atoms with Crippen molar-refractivity contribution < 1.29 is 21.7 Å². The molecule has 1 aromatic rings. The van der Waals surface area contributed by atoms with E-state index in [0.717, 1.165) is 5.75 Å². The largest absolute Gasteiger partial charge is 2.00 e. The Morgan fingerprint density at radius 1 is 1.12 bits per heavy atom. The molecule has 1 nitrogen and oxygen atoms in total. The van der Waals surface area contributed by atoms with Crippen molar-refractivity contribution in [2.24, 2.45) is 0 Å². The Hall–Kier alpha value is 0.266. The molecule has 0 N–H and O–H groups in total. The quantitative estimate of drug-likeness (QED) is 0.430. The predicted octanol–water partition coefficient (Wildman–Crippen LogP) is 0.212. The molecule has 0 atom stereocenters. The van der Waals surface area contributed by atoms with Gasteiger partial charge in [-0.15, -0.1) is 12.1 Å². The van der Waals surface area contributed by atoms with Crippen molar-refractivity contribution >= 4 is 23.1 Å². The number of halogens is 1. The van der Waals surface area contributed by atoms with Crippen LogP contribution in [-0.4, -0.2) is 29.2 Å². The number of benzene rings is 1. The molecule has 1 aliphatic carbocycles. The molecule has 1 saturated carbocycles. The maximum atomic E-state index is 5.90. The maximum Gasteiger partial charge on any atom is 2.00 e. The minimum absolute atomic E-state index is 0. The van der Waals surface area contributed by atoms with Crippen LogP contribution in [0.15, 0.2) is 24.3 Å². The van der Waals surface area contributed by atoms with Crippen LogP contribution in [0.2, 0.25) is 0 Å². The molecule has 0 spiro atoms. The SMILES string of the molecule is [Br-].[Mg+2].[c-]1cccc(OC2CCCCCC2)c1. The first-order valence-electron chi connectivity index (χ1n) is 5.58. The summed E-state index contributed by atoms with van der Waals surface area (Å²) in [6, 6.07) is 10.9. The first-order chi connectivity index (χ1) is 6.95. The van der Waals surface area contributed by atoms with E-state index in [1.54, 1.807) is 0 Å². The second kappa shape index (κ2) is 9.31. The van der Waals surface area contributed by atoms with Gasteiger partial charge in [-0.2, -0.15) is 18.2 Å². The first-order valence-corrected chi connectivity index (χ1v) is 5.58. The van der Waals surface area contributed by atoms with Gasteiger partial charge >= 0.3 is 23.1 Å². The smallest absolute Gasteiger partial charge is 1.00 e. The van der Waals surface area contributed by atoms with Crippen molar-refractivity contribution in [1.82, 2.24) is 0 Å². The number of hydrogen-bond acceptors (Lipinski definition) is 1. The molecule has 0 saturated heterocycles. The molecule has 0 radical (unpaired) electrons. The molecule has 0 aliphatic heterocycles. The molecule has 16 heavy (non-hydrogen) atoms. The van der Waals surface area contributed by atoms with Crippen LogP contribution < -0.4 is 21.7 Å². The zero-order chi connectivity index (χ0) is 9.64. The molecular weight excluding hydrogens is 276 g/mol. The van der Waals surface area contributed by atoms with E-state index in [9.17, 15) is 0 Å². The minimum Gasteiger partial charge on any atom is -1.00 e. The maximum absolute atomic E-state index is 5.90. The standard InChI is InChI=1S/C13H17O.BrH.Mg/c1-2-5-9-12(8-4-1)14-13-10-6-3-7-11-13;;/h3,6,10-12H,1-2,4-5,8-9H2;1H;/q-1;;+2/p-1. The van der Waals surface area contributed by atoms with E-state index in [0.29, 0.717) is 6.10 Å². The van der Waals surface area contributed by atoms with Crippen LogP contribution in [0.25, 0.3) is 0 Å². The second-order valence-corrected chi connectivity index (χ2v) is 3.97. The van der Waals surface area contributed by atoms with Crippen LogP contribution in [0.3, 0.4) is 0 Å². The Morgan fingerprint density at radius 3 is 2.38 bits per heavy atom. The Kier molecular flexibility index (Phi) is 9.47. The van der Waals surface area contributed by atoms with Crippen molar-refractivity contribution in [3.8, 4) is 5.75 Å². The van der Waals surface area contributed by atoms with E-state index in [1.165, 1.54) is 38.5 Å². The molecule has 0 bridgehead atoms. The van der Waals surface area contributed by atoms with E-state index < -0.39 is 0 Å². The summed E-state index contributed by atoms with van der Waals surface area (Å²) in [6.07, 6.45) is 8.27. The average Bonchev–Trinajstić information content (AvgIpc) is 2.48. The average molecular weight is 293 g/mol. The molecule has 1 aromatic carbocycles. The molecule has 0 aromatic heterocycles. The van der Waals surface area contributed by atoms with Gasteiger partial charge in [0, 0.05) is 5.75 Å². The summed E-state index contributed by atoms with van der Waals surface area (Å²) >= 11 is 0. The molecule has 1 fully saturated rings. The summed E-state index contributed by atoms with van der Waals surface area (Å²) in [6.45, 7) is 0. The molecule has 0 amide bonds. The van der Waals surface area contributed by atoms with Gasteiger partial charge < -0.3 is 21.7 Å². The summed E-state index contributed by atoms with van der Waals surface area (Å²) in [7, 11) is 0. The van der Waals surface area contributed by atoms with Crippen molar-refractivity contribution in [3.63, 3.8) is 0 Å². The molecular formula is C13H17BrMgO. The van der Waals surface area contributed by atoms with E-state index in [-0.39, 0.29) is 40.0 Å². The predicted molar refractivity (Wildman–Crippen MR) is 63.2 cm³/mol. The first kappa shape index (κ1) is 16.3. The number of rotatable bonds is 2. The monoisotopic (exact) mass is 292 g/mol. The zero-order valence-corrected chi connectivity index (χ0v) is 12.6. The van der Waals surface area contributed by atoms with Gasteiger partial charge in [-0.05, 0) is 25.7 Å². The van der Waals surface area contributed by atoms with Crippen molar-refractivity contribution in [2.45, 2.75) is 44.6 Å². The van der Waals surface area contributed by atoms with Gasteiger partial charge in [0.05, 0.1) is 6.10 Å². The van der Waals surface area contributed by atoms with Gasteiger partial charge in [0.15, 0.2) is 0 Å². The molecule has 0 unspecified atom stereocenters. The molecule has 1 aliphatic rings. The molecule has 3 heteroatoms. The molecule has 84 valence electrons. The fraction of sp³-hybridized carbons (Fsp3) is 0.538.